The van der Waals surface area contributed by atoms with E-state index in [9.17, 15) is 0 Å². The van der Waals surface area contributed by atoms with Crippen molar-refractivity contribution >= 4 is 27.8 Å². The van der Waals surface area contributed by atoms with Gasteiger partial charge < -0.3 is 4.90 Å². The summed E-state index contributed by atoms with van der Waals surface area (Å²) in [4.78, 5) is 2.45. The highest BCUT2D eigenvalue weighted by Gasteiger charge is 2.34. The normalized spacial score (nSPS) is 11.4. The molecule has 7 aromatic rings. The van der Waals surface area contributed by atoms with Gasteiger partial charge in [0, 0.05) is 27.9 Å². The van der Waals surface area contributed by atoms with Crippen LogP contribution in [0.1, 0.15) is 0 Å². The summed E-state index contributed by atoms with van der Waals surface area (Å²) >= 11 is 0. The SMILES string of the molecule is c1ccc(-c2ccc(N(c3ccccc3)c3c4c(c(-c5ccccc5)c5ccccc35)-c3ccccc3-4)cc2)cc1. The largest absolute Gasteiger partial charge is 0.309 e. The molecule has 0 atom stereocenters. The van der Waals surface area contributed by atoms with Gasteiger partial charge in [0.2, 0.25) is 0 Å². The van der Waals surface area contributed by atoms with Crippen molar-refractivity contribution in [3.05, 3.63) is 164 Å². The highest BCUT2D eigenvalue weighted by molar-refractivity contribution is 6.25. The minimum atomic E-state index is 1.14. The maximum absolute atomic E-state index is 2.45. The molecule has 0 unspecified atom stereocenters. The molecule has 1 aliphatic rings. The molecule has 0 aromatic heterocycles. The van der Waals surface area contributed by atoms with Crippen LogP contribution in [0.4, 0.5) is 17.1 Å². The van der Waals surface area contributed by atoms with E-state index in [0.717, 1.165) is 11.4 Å². The standard InChI is InChI=1S/C40H27N/c1-4-14-28(15-5-1)29-24-26-32(27-25-29)41(31-18-8-3-9-19-31)40-36-23-13-12-22-35(36)37(30-16-6-2-7-17-30)38-33-20-10-11-21-34(33)39(38)40/h1-27H. The average Bonchev–Trinajstić information content (AvgIpc) is 3.05. The third-order valence-corrected chi connectivity index (χ3v) is 8.19. The Bertz CT molecular complexity index is 2010. The van der Waals surface area contributed by atoms with Gasteiger partial charge in [-0.3, -0.25) is 0 Å². The van der Waals surface area contributed by atoms with Crippen molar-refractivity contribution < 1.29 is 0 Å². The zero-order chi connectivity index (χ0) is 27.2. The molecular weight excluding hydrogens is 494 g/mol. The van der Waals surface area contributed by atoms with Crippen molar-refractivity contribution in [1.82, 2.24) is 0 Å². The maximum Gasteiger partial charge on any atom is 0.0625 e. The van der Waals surface area contributed by atoms with Crippen LogP contribution in [0.5, 0.6) is 0 Å². The van der Waals surface area contributed by atoms with Crippen molar-refractivity contribution in [2.24, 2.45) is 0 Å². The smallest absolute Gasteiger partial charge is 0.0625 e. The predicted molar refractivity (Wildman–Crippen MR) is 174 cm³/mol. The Morgan fingerprint density at radius 1 is 0.293 bits per heavy atom. The van der Waals surface area contributed by atoms with Crippen LogP contribution in [0.3, 0.4) is 0 Å². The van der Waals surface area contributed by atoms with Gasteiger partial charge in [-0.1, -0.05) is 140 Å². The van der Waals surface area contributed by atoms with Crippen molar-refractivity contribution in [3.8, 4) is 44.5 Å². The number of hydrogen-bond donors (Lipinski definition) is 0. The van der Waals surface area contributed by atoms with E-state index in [1.165, 1.54) is 61.0 Å². The molecule has 1 heteroatoms. The number of para-hydroxylation sites is 1. The Labute approximate surface area is 240 Å². The van der Waals surface area contributed by atoms with Crippen molar-refractivity contribution in [2.75, 3.05) is 4.90 Å². The Kier molecular flexibility index (Phi) is 5.53. The second kappa shape index (κ2) is 9.66. The van der Waals surface area contributed by atoms with Gasteiger partial charge in [0.05, 0.1) is 5.69 Å². The molecule has 0 aliphatic heterocycles. The average molecular weight is 522 g/mol. The monoisotopic (exact) mass is 521 g/mol. The first-order valence-electron chi connectivity index (χ1n) is 14.1. The lowest BCUT2D eigenvalue weighted by atomic mass is 9.73. The Balaban J connectivity index is 1.43. The number of rotatable bonds is 5. The lowest BCUT2D eigenvalue weighted by molar-refractivity contribution is 1.29. The lowest BCUT2D eigenvalue weighted by Crippen LogP contribution is -2.15. The lowest BCUT2D eigenvalue weighted by Gasteiger charge is -2.37. The van der Waals surface area contributed by atoms with E-state index in [1.807, 2.05) is 0 Å². The molecule has 0 fully saturated rings. The molecule has 1 nitrogen and oxygen atoms in total. The Morgan fingerprint density at radius 3 is 1.41 bits per heavy atom. The summed E-state index contributed by atoms with van der Waals surface area (Å²) in [6.45, 7) is 0. The second-order valence-corrected chi connectivity index (χ2v) is 10.5. The van der Waals surface area contributed by atoms with Crippen LogP contribution in [-0.2, 0) is 0 Å². The van der Waals surface area contributed by atoms with E-state index < -0.39 is 0 Å². The van der Waals surface area contributed by atoms with E-state index in [1.54, 1.807) is 0 Å². The van der Waals surface area contributed by atoms with Gasteiger partial charge in [0.25, 0.3) is 0 Å². The molecule has 0 heterocycles. The molecule has 0 bridgehead atoms. The molecule has 192 valence electrons. The molecule has 8 rings (SSSR count). The van der Waals surface area contributed by atoms with Crippen LogP contribution in [0.15, 0.2) is 164 Å². The van der Waals surface area contributed by atoms with Gasteiger partial charge in [-0.05, 0) is 63.0 Å². The highest BCUT2D eigenvalue weighted by atomic mass is 15.1. The predicted octanol–water partition coefficient (Wildman–Crippen LogP) is 11.3. The van der Waals surface area contributed by atoms with Crippen molar-refractivity contribution in [2.45, 2.75) is 0 Å². The summed E-state index contributed by atoms with van der Waals surface area (Å²) < 4.78 is 0. The topological polar surface area (TPSA) is 3.24 Å². The van der Waals surface area contributed by atoms with E-state index in [0.29, 0.717) is 0 Å². The third kappa shape index (κ3) is 3.78. The van der Waals surface area contributed by atoms with Crippen LogP contribution < -0.4 is 4.90 Å². The van der Waals surface area contributed by atoms with E-state index in [2.05, 4.69) is 169 Å². The summed E-state index contributed by atoms with van der Waals surface area (Å²) in [5.74, 6) is 0. The Hall–Kier alpha value is -5.40. The zero-order valence-electron chi connectivity index (χ0n) is 22.5. The highest BCUT2D eigenvalue weighted by Crippen LogP contribution is 2.60. The molecule has 0 spiro atoms. The number of nitrogens with zero attached hydrogens (tertiary/aromatic N) is 1. The van der Waals surface area contributed by atoms with E-state index in [-0.39, 0.29) is 0 Å². The fraction of sp³-hybridized carbons (Fsp3) is 0. The van der Waals surface area contributed by atoms with Crippen molar-refractivity contribution in [3.63, 3.8) is 0 Å². The fourth-order valence-electron chi connectivity index (χ4n) is 6.36. The van der Waals surface area contributed by atoms with Crippen LogP contribution >= 0.6 is 0 Å². The molecule has 0 N–H and O–H groups in total. The second-order valence-electron chi connectivity index (χ2n) is 10.5. The van der Waals surface area contributed by atoms with Crippen LogP contribution in [-0.4, -0.2) is 0 Å². The Morgan fingerprint density at radius 2 is 0.756 bits per heavy atom. The number of anilines is 3. The van der Waals surface area contributed by atoms with Gasteiger partial charge >= 0.3 is 0 Å². The quantitative estimate of drug-likeness (QED) is 0.218. The summed E-state index contributed by atoms with van der Waals surface area (Å²) in [6, 6.07) is 58.9. The van der Waals surface area contributed by atoms with Gasteiger partial charge in [-0.25, -0.2) is 0 Å². The van der Waals surface area contributed by atoms with E-state index in [4.69, 9.17) is 0 Å². The molecule has 0 amide bonds. The number of fused-ring (bicyclic) bond motifs is 5. The minimum absolute atomic E-state index is 1.14. The summed E-state index contributed by atoms with van der Waals surface area (Å²) in [6.07, 6.45) is 0. The molecular formula is C40H27N. The molecule has 7 aromatic carbocycles. The molecule has 1 aliphatic carbocycles. The molecule has 41 heavy (non-hydrogen) atoms. The van der Waals surface area contributed by atoms with Crippen LogP contribution in [0.25, 0.3) is 55.3 Å². The van der Waals surface area contributed by atoms with Gasteiger partial charge in [-0.15, -0.1) is 0 Å². The summed E-state index contributed by atoms with van der Waals surface area (Å²) in [5, 5.41) is 2.51. The molecule has 0 radical (unpaired) electrons. The first-order valence-corrected chi connectivity index (χ1v) is 14.1. The van der Waals surface area contributed by atoms with E-state index >= 15 is 0 Å². The first kappa shape index (κ1) is 23.5. The van der Waals surface area contributed by atoms with Crippen molar-refractivity contribution in [1.29, 1.82) is 0 Å². The maximum atomic E-state index is 2.45. The fourth-order valence-corrected chi connectivity index (χ4v) is 6.36. The van der Waals surface area contributed by atoms with Crippen LogP contribution in [0, 0.1) is 0 Å². The molecule has 0 saturated heterocycles. The van der Waals surface area contributed by atoms with Gasteiger partial charge in [0.15, 0.2) is 0 Å². The first-order chi connectivity index (χ1) is 20.4. The molecule has 0 saturated carbocycles. The zero-order valence-corrected chi connectivity index (χ0v) is 22.5. The van der Waals surface area contributed by atoms with Crippen LogP contribution in [0.2, 0.25) is 0 Å². The number of hydrogen-bond acceptors (Lipinski definition) is 1. The van der Waals surface area contributed by atoms with Gasteiger partial charge in [-0.2, -0.15) is 0 Å². The van der Waals surface area contributed by atoms with Gasteiger partial charge in [0.1, 0.15) is 0 Å². The third-order valence-electron chi connectivity index (χ3n) is 8.19. The summed E-state index contributed by atoms with van der Waals surface area (Å²) in [5.41, 5.74) is 13.8. The summed E-state index contributed by atoms with van der Waals surface area (Å²) in [7, 11) is 0. The minimum Gasteiger partial charge on any atom is -0.309 e. The number of benzene rings is 7.